The van der Waals surface area contributed by atoms with Crippen LogP contribution in [-0.4, -0.2) is 51.4 Å². The number of fused-ring (bicyclic) bond motifs is 3. The zero-order valence-corrected chi connectivity index (χ0v) is 22.8. The van der Waals surface area contributed by atoms with Crippen molar-refractivity contribution in [2.75, 3.05) is 0 Å². The fourth-order valence-corrected chi connectivity index (χ4v) is 7.66. The van der Waals surface area contributed by atoms with Crippen molar-refractivity contribution in [3.05, 3.63) is 72.0 Å². The Kier molecular flexibility index (Phi) is 6.08. The van der Waals surface area contributed by atoms with Gasteiger partial charge in [-0.2, -0.15) is 0 Å². The molecule has 0 bridgehead atoms. The van der Waals surface area contributed by atoms with Crippen molar-refractivity contribution in [2.24, 2.45) is 29.1 Å². The molecule has 1 amide bonds. The van der Waals surface area contributed by atoms with Crippen molar-refractivity contribution in [3.8, 4) is 0 Å². The maximum Gasteiger partial charge on any atom is 0.235 e. The van der Waals surface area contributed by atoms with Crippen molar-refractivity contribution in [3.63, 3.8) is 0 Å². The zero-order chi connectivity index (χ0) is 27.7. The smallest absolute Gasteiger partial charge is 0.235 e. The monoisotopic (exact) mass is 528 g/mol. The highest BCUT2D eigenvalue weighted by Crippen LogP contribution is 2.66. The molecule has 2 aromatic rings. The Bertz CT molecular complexity index is 1450. The Morgan fingerprint density at radius 3 is 2.69 bits per heavy atom. The van der Waals surface area contributed by atoms with Gasteiger partial charge >= 0.3 is 0 Å². The molecule has 3 N–H and O–H groups in total. The Hall–Kier alpha value is -3.29. The van der Waals surface area contributed by atoms with Crippen LogP contribution in [0.15, 0.2) is 66.4 Å². The van der Waals surface area contributed by atoms with E-state index in [1.54, 1.807) is 6.92 Å². The number of aliphatic hydroxyl groups excluding tert-OH is 1. The normalized spacial score (nSPS) is 43.1. The van der Waals surface area contributed by atoms with Crippen LogP contribution in [0, 0.1) is 29.1 Å². The van der Waals surface area contributed by atoms with Gasteiger partial charge in [-0.25, -0.2) is 0 Å². The third kappa shape index (κ3) is 3.81. The molecular weight excluding hydrogens is 492 g/mol. The van der Waals surface area contributed by atoms with E-state index in [1.165, 1.54) is 6.08 Å². The minimum Gasteiger partial charge on any atom is -0.381 e. The van der Waals surface area contributed by atoms with Crippen molar-refractivity contribution in [2.45, 2.75) is 64.4 Å². The molecule has 6 rings (SSSR count). The maximum absolute atomic E-state index is 14.2. The number of nitrogens with one attached hydrogen (secondary N) is 2. The summed E-state index contributed by atoms with van der Waals surface area (Å²) in [7, 11) is 0. The molecule has 39 heavy (non-hydrogen) atoms. The van der Waals surface area contributed by atoms with Crippen LogP contribution in [0.5, 0.6) is 0 Å². The van der Waals surface area contributed by atoms with Crippen LogP contribution < -0.4 is 5.32 Å². The predicted octanol–water partition coefficient (Wildman–Crippen LogP) is 3.83. The van der Waals surface area contributed by atoms with Gasteiger partial charge in [0.15, 0.2) is 11.6 Å². The number of aromatic nitrogens is 1. The molecule has 0 radical (unpaired) electrons. The van der Waals surface area contributed by atoms with E-state index in [4.69, 9.17) is 4.74 Å². The number of amides is 1. The standard InChI is InChI=1S/C32H36N2O5/c1-17-8-7-10-22-29-31(4,39-29)19(3)27-24(15-20-16-33-23-11-6-5-9-21(20)23)34-30(38)32(22,27)26(36)13-12-25(35)28(37)18(2)14-17/h5-7,9-14,16-17,19,22,24,27-29,33,37H,8,15H2,1-4H3,(H,34,38)/b10-7+,13-12+,18-14+/t17-,19-,22-,24-,27-,28+,29-,31+,32-/m0/s1. The summed E-state index contributed by atoms with van der Waals surface area (Å²) < 4.78 is 6.33. The lowest BCUT2D eigenvalue weighted by Gasteiger charge is -2.45. The lowest BCUT2D eigenvalue weighted by atomic mass is 9.51. The summed E-state index contributed by atoms with van der Waals surface area (Å²) in [6.07, 6.45) is 9.89. The summed E-state index contributed by atoms with van der Waals surface area (Å²) in [6, 6.07) is 7.77. The minimum atomic E-state index is -1.41. The van der Waals surface area contributed by atoms with Gasteiger partial charge in [-0.3, -0.25) is 14.4 Å². The fourth-order valence-electron chi connectivity index (χ4n) is 7.66. The average Bonchev–Trinajstić information content (AvgIpc) is 3.31. The van der Waals surface area contributed by atoms with E-state index in [0.717, 1.165) is 22.5 Å². The number of benzene rings is 1. The second-order valence-corrected chi connectivity index (χ2v) is 12.1. The highest BCUT2D eigenvalue weighted by atomic mass is 16.6. The number of aromatic amines is 1. The van der Waals surface area contributed by atoms with E-state index in [0.29, 0.717) is 18.4 Å². The van der Waals surface area contributed by atoms with Gasteiger partial charge in [-0.05, 0) is 67.9 Å². The van der Waals surface area contributed by atoms with Crippen molar-refractivity contribution >= 4 is 28.4 Å². The molecule has 1 spiro atoms. The van der Waals surface area contributed by atoms with E-state index < -0.39 is 34.6 Å². The van der Waals surface area contributed by atoms with Crippen LogP contribution in [0.3, 0.4) is 0 Å². The number of epoxide rings is 1. The first-order valence-electron chi connectivity index (χ1n) is 13.9. The third-order valence-electron chi connectivity index (χ3n) is 9.86. The van der Waals surface area contributed by atoms with Gasteiger partial charge in [-0.1, -0.05) is 50.3 Å². The molecule has 2 aliphatic heterocycles. The molecule has 204 valence electrons. The summed E-state index contributed by atoms with van der Waals surface area (Å²) in [4.78, 5) is 44.5. The van der Waals surface area contributed by atoms with Gasteiger partial charge in [0.25, 0.3) is 0 Å². The van der Waals surface area contributed by atoms with Crippen molar-refractivity contribution < 1.29 is 24.2 Å². The molecule has 1 saturated carbocycles. The molecule has 2 aliphatic carbocycles. The van der Waals surface area contributed by atoms with Gasteiger partial charge in [0.2, 0.25) is 5.91 Å². The van der Waals surface area contributed by atoms with Gasteiger partial charge in [0.1, 0.15) is 11.5 Å². The van der Waals surface area contributed by atoms with E-state index >= 15 is 0 Å². The Morgan fingerprint density at radius 1 is 1.13 bits per heavy atom. The second kappa shape index (κ2) is 9.14. The molecule has 7 nitrogen and oxygen atoms in total. The first-order valence-corrected chi connectivity index (χ1v) is 13.9. The van der Waals surface area contributed by atoms with Crippen molar-refractivity contribution in [1.29, 1.82) is 0 Å². The quantitative estimate of drug-likeness (QED) is 0.312. The third-order valence-corrected chi connectivity index (χ3v) is 9.86. The molecule has 1 aromatic carbocycles. The number of hydrogen-bond acceptors (Lipinski definition) is 5. The zero-order valence-electron chi connectivity index (χ0n) is 22.8. The maximum atomic E-state index is 14.2. The van der Waals surface area contributed by atoms with E-state index in [-0.39, 0.29) is 35.8 Å². The first kappa shape index (κ1) is 26.0. The average molecular weight is 529 g/mol. The van der Waals surface area contributed by atoms with E-state index in [9.17, 15) is 19.5 Å². The number of aliphatic hydroxyl groups is 1. The topological polar surface area (TPSA) is 112 Å². The van der Waals surface area contributed by atoms with E-state index in [2.05, 4.69) is 30.2 Å². The van der Waals surface area contributed by atoms with Crippen LogP contribution in [-0.2, 0) is 25.5 Å². The molecule has 4 aliphatic rings. The molecule has 0 unspecified atom stereocenters. The molecule has 9 atom stereocenters. The van der Waals surface area contributed by atoms with Gasteiger partial charge in [0, 0.05) is 35.0 Å². The summed E-state index contributed by atoms with van der Waals surface area (Å²) in [6.45, 7) is 7.90. The molecule has 7 heteroatoms. The summed E-state index contributed by atoms with van der Waals surface area (Å²) in [5.41, 5.74) is 0.805. The van der Waals surface area contributed by atoms with Gasteiger partial charge in [0.05, 0.1) is 11.7 Å². The SMILES string of the molecule is C/C1=C\[C@@H](C)C/C=C/[C@H]2[C@@H]3O[C@]3(C)[C@@H](C)[C@H]3[C@H](Cc4c[nH]c5ccccc45)NC(=O)[C@@]32C(=O)/C=C/C(=O)[C@@H]1O. The van der Waals surface area contributed by atoms with Crippen LogP contribution in [0.4, 0.5) is 0 Å². The fraction of sp³-hybridized carbons (Fsp3) is 0.469. The molecule has 3 heterocycles. The van der Waals surface area contributed by atoms with Gasteiger partial charge in [-0.15, -0.1) is 0 Å². The number of ketones is 2. The van der Waals surface area contributed by atoms with Crippen LogP contribution in [0.2, 0.25) is 0 Å². The molecule has 3 fully saturated rings. The second-order valence-electron chi connectivity index (χ2n) is 12.1. The number of H-pyrrole nitrogens is 1. The Balaban J connectivity index is 1.46. The summed E-state index contributed by atoms with van der Waals surface area (Å²) in [5, 5.41) is 14.9. The highest BCUT2D eigenvalue weighted by molar-refractivity contribution is 6.15. The van der Waals surface area contributed by atoms with Crippen LogP contribution in [0.25, 0.3) is 10.9 Å². The molecule has 2 saturated heterocycles. The Morgan fingerprint density at radius 2 is 1.90 bits per heavy atom. The minimum absolute atomic E-state index is 0.0666. The number of allylic oxidation sites excluding steroid dienone is 3. The first-order chi connectivity index (χ1) is 18.6. The Labute approximate surface area is 228 Å². The summed E-state index contributed by atoms with van der Waals surface area (Å²) >= 11 is 0. The highest BCUT2D eigenvalue weighted by Gasteiger charge is 2.78. The lowest BCUT2D eigenvalue weighted by molar-refractivity contribution is -0.145. The number of rotatable bonds is 2. The molecular formula is C32H36N2O5. The predicted molar refractivity (Wildman–Crippen MR) is 148 cm³/mol. The van der Waals surface area contributed by atoms with Gasteiger partial charge < -0.3 is 20.1 Å². The van der Waals surface area contributed by atoms with Crippen LogP contribution in [0.1, 0.15) is 39.7 Å². The largest absolute Gasteiger partial charge is 0.381 e. The number of para-hydroxylation sites is 1. The molecule has 1 aromatic heterocycles. The lowest BCUT2D eigenvalue weighted by Crippen LogP contribution is -2.58. The number of ether oxygens (including phenoxy) is 1. The number of carbonyl (C=O) groups excluding carboxylic acids is 3. The number of carbonyl (C=O) groups is 3. The van der Waals surface area contributed by atoms with Crippen molar-refractivity contribution in [1.82, 2.24) is 10.3 Å². The summed E-state index contributed by atoms with van der Waals surface area (Å²) in [5.74, 6) is -2.11. The van der Waals surface area contributed by atoms with Crippen LogP contribution >= 0.6 is 0 Å². The van der Waals surface area contributed by atoms with E-state index in [1.807, 2.05) is 49.5 Å². The number of hydrogen-bond donors (Lipinski definition) is 3.